The molecule has 2 aromatic carbocycles. The molecule has 0 saturated heterocycles. The zero-order valence-electron chi connectivity index (χ0n) is 15.2. The Balaban J connectivity index is 1.55. The van der Waals surface area contributed by atoms with E-state index in [1.165, 1.54) is 16.0 Å². The van der Waals surface area contributed by atoms with Crippen molar-refractivity contribution in [2.24, 2.45) is 0 Å². The van der Waals surface area contributed by atoms with E-state index >= 15 is 0 Å². The van der Waals surface area contributed by atoms with Crippen molar-refractivity contribution in [2.75, 3.05) is 20.8 Å². The van der Waals surface area contributed by atoms with Crippen molar-refractivity contribution in [3.8, 4) is 5.75 Å². The van der Waals surface area contributed by atoms with Gasteiger partial charge >= 0.3 is 5.97 Å². The van der Waals surface area contributed by atoms with Gasteiger partial charge < -0.3 is 14.4 Å². The lowest BCUT2D eigenvalue weighted by Gasteiger charge is -2.18. The van der Waals surface area contributed by atoms with Crippen LogP contribution in [0.5, 0.6) is 5.75 Å². The number of carbonyl (C=O) groups is 2. The van der Waals surface area contributed by atoms with Crippen LogP contribution in [-0.4, -0.2) is 37.5 Å². The fourth-order valence-electron chi connectivity index (χ4n) is 3.20. The standard InChI is InChI=1S/C21H23NO4/c1-22(13-18-6-3-4-9-19(18)25-2)20(23)14-26-21(24)17-11-10-15-7-5-8-16(15)12-17/h3-4,6,9-12H,5,7-8,13-14H2,1-2H3. The van der Waals surface area contributed by atoms with Crippen LogP contribution in [0.1, 0.15) is 33.5 Å². The number of hydrogen-bond acceptors (Lipinski definition) is 4. The average Bonchev–Trinajstić information content (AvgIpc) is 3.13. The van der Waals surface area contributed by atoms with Gasteiger partial charge in [0.05, 0.1) is 12.7 Å². The number of fused-ring (bicyclic) bond motifs is 1. The fourth-order valence-corrected chi connectivity index (χ4v) is 3.20. The molecule has 0 N–H and O–H groups in total. The van der Waals surface area contributed by atoms with E-state index in [1.54, 1.807) is 20.2 Å². The van der Waals surface area contributed by atoms with Gasteiger partial charge in [0.2, 0.25) is 0 Å². The molecule has 0 heterocycles. The molecular weight excluding hydrogens is 330 g/mol. The number of hydrogen-bond donors (Lipinski definition) is 0. The highest BCUT2D eigenvalue weighted by atomic mass is 16.5. The largest absolute Gasteiger partial charge is 0.496 e. The number of ether oxygens (including phenoxy) is 2. The van der Waals surface area contributed by atoms with E-state index in [9.17, 15) is 9.59 Å². The molecule has 0 aromatic heterocycles. The summed E-state index contributed by atoms with van der Waals surface area (Å²) < 4.78 is 10.5. The lowest BCUT2D eigenvalue weighted by molar-refractivity contribution is -0.133. The normalized spacial score (nSPS) is 12.4. The SMILES string of the molecule is COc1ccccc1CN(C)C(=O)COC(=O)c1ccc2c(c1)CCC2. The van der Waals surface area contributed by atoms with Crippen LogP contribution >= 0.6 is 0 Å². The molecule has 3 rings (SSSR count). The summed E-state index contributed by atoms with van der Waals surface area (Å²) in [4.78, 5) is 26.0. The van der Waals surface area contributed by atoms with Crippen LogP contribution in [0.15, 0.2) is 42.5 Å². The number of aryl methyl sites for hydroxylation is 2. The lowest BCUT2D eigenvalue weighted by atomic mass is 10.1. The molecule has 5 nitrogen and oxygen atoms in total. The van der Waals surface area contributed by atoms with E-state index in [0.717, 1.165) is 30.6 Å². The molecule has 0 fully saturated rings. The van der Waals surface area contributed by atoms with Gasteiger partial charge in [-0.25, -0.2) is 4.79 Å². The smallest absolute Gasteiger partial charge is 0.338 e. The molecule has 0 spiro atoms. The van der Waals surface area contributed by atoms with Gasteiger partial charge in [0.1, 0.15) is 5.75 Å². The molecule has 26 heavy (non-hydrogen) atoms. The minimum Gasteiger partial charge on any atom is -0.496 e. The Morgan fingerprint density at radius 1 is 1.08 bits per heavy atom. The first-order valence-electron chi connectivity index (χ1n) is 8.73. The topological polar surface area (TPSA) is 55.8 Å². The summed E-state index contributed by atoms with van der Waals surface area (Å²) in [6.07, 6.45) is 3.19. The Morgan fingerprint density at radius 2 is 1.85 bits per heavy atom. The predicted octanol–water partition coefficient (Wildman–Crippen LogP) is 3.00. The number of rotatable bonds is 6. The molecule has 0 bridgehead atoms. The zero-order chi connectivity index (χ0) is 18.5. The van der Waals surface area contributed by atoms with Crippen LogP contribution in [0.3, 0.4) is 0 Å². The van der Waals surface area contributed by atoms with Crippen LogP contribution in [0.2, 0.25) is 0 Å². The summed E-state index contributed by atoms with van der Waals surface area (Å²) in [5.74, 6) is 0.00597. The van der Waals surface area contributed by atoms with E-state index in [-0.39, 0.29) is 12.5 Å². The number of methoxy groups -OCH3 is 1. The van der Waals surface area contributed by atoms with Gasteiger partial charge in [-0.15, -0.1) is 0 Å². The summed E-state index contributed by atoms with van der Waals surface area (Å²) in [6, 6.07) is 13.2. The number of esters is 1. The number of benzene rings is 2. The highest BCUT2D eigenvalue weighted by Crippen LogP contribution is 2.23. The second-order valence-electron chi connectivity index (χ2n) is 6.47. The molecule has 1 amide bonds. The van der Waals surface area contributed by atoms with Crippen molar-refractivity contribution in [1.29, 1.82) is 0 Å². The minimum atomic E-state index is -0.459. The maximum Gasteiger partial charge on any atom is 0.338 e. The van der Waals surface area contributed by atoms with Crippen LogP contribution in [0, 0.1) is 0 Å². The monoisotopic (exact) mass is 353 g/mol. The third-order valence-electron chi connectivity index (χ3n) is 4.69. The molecule has 136 valence electrons. The Bertz CT molecular complexity index is 815. The molecule has 0 saturated carbocycles. The first kappa shape index (κ1) is 18.0. The summed E-state index contributed by atoms with van der Waals surface area (Å²) in [5.41, 5.74) is 3.91. The van der Waals surface area contributed by atoms with Crippen molar-refractivity contribution in [3.63, 3.8) is 0 Å². The molecule has 1 aliphatic rings. The van der Waals surface area contributed by atoms with Gasteiger partial charge in [-0.05, 0) is 48.6 Å². The summed E-state index contributed by atoms with van der Waals surface area (Å²) in [7, 11) is 3.27. The lowest BCUT2D eigenvalue weighted by Crippen LogP contribution is -2.31. The summed E-state index contributed by atoms with van der Waals surface area (Å²) in [5, 5.41) is 0. The van der Waals surface area contributed by atoms with Crippen molar-refractivity contribution in [3.05, 3.63) is 64.7 Å². The van der Waals surface area contributed by atoms with Crippen LogP contribution < -0.4 is 4.74 Å². The van der Waals surface area contributed by atoms with Crippen LogP contribution in [-0.2, 0) is 28.9 Å². The molecular formula is C21H23NO4. The Kier molecular flexibility index (Phi) is 5.56. The average molecular weight is 353 g/mol. The Labute approximate surface area is 153 Å². The zero-order valence-corrected chi connectivity index (χ0v) is 15.2. The van der Waals surface area contributed by atoms with Crippen molar-refractivity contribution in [1.82, 2.24) is 4.90 Å². The summed E-state index contributed by atoms with van der Waals surface area (Å²) in [6.45, 7) is 0.112. The van der Waals surface area contributed by atoms with Gasteiger partial charge in [-0.1, -0.05) is 24.3 Å². The number of carbonyl (C=O) groups excluding carboxylic acids is 2. The number of nitrogens with zero attached hydrogens (tertiary/aromatic N) is 1. The fraction of sp³-hybridized carbons (Fsp3) is 0.333. The van der Waals surface area contributed by atoms with E-state index in [2.05, 4.69) is 0 Å². The third-order valence-corrected chi connectivity index (χ3v) is 4.69. The second-order valence-corrected chi connectivity index (χ2v) is 6.47. The van der Waals surface area contributed by atoms with Gasteiger partial charge in [-0.3, -0.25) is 4.79 Å². The number of amides is 1. The molecule has 2 aromatic rings. The first-order chi connectivity index (χ1) is 12.6. The molecule has 0 unspecified atom stereocenters. The van der Waals surface area contributed by atoms with E-state index in [1.807, 2.05) is 36.4 Å². The van der Waals surface area contributed by atoms with Gasteiger partial charge in [0.25, 0.3) is 5.91 Å². The number of likely N-dealkylation sites (N-methyl/N-ethyl adjacent to an activating group) is 1. The molecule has 0 atom stereocenters. The maximum atomic E-state index is 12.3. The second kappa shape index (κ2) is 8.04. The van der Waals surface area contributed by atoms with Crippen molar-refractivity contribution in [2.45, 2.75) is 25.8 Å². The number of para-hydroxylation sites is 1. The van der Waals surface area contributed by atoms with Gasteiger partial charge in [-0.2, -0.15) is 0 Å². The highest BCUT2D eigenvalue weighted by molar-refractivity contribution is 5.91. The quantitative estimate of drug-likeness (QED) is 0.749. The minimum absolute atomic E-state index is 0.259. The predicted molar refractivity (Wildman–Crippen MR) is 98.2 cm³/mol. The summed E-state index contributed by atoms with van der Waals surface area (Å²) >= 11 is 0. The Morgan fingerprint density at radius 3 is 2.65 bits per heavy atom. The van der Waals surface area contributed by atoms with E-state index in [0.29, 0.717) is 12.1 Å². The molecule has 0 aliphatic heterocycles. The van der Waals surface area contributed by atoms with Crippen molar-refractivity contribution >= 4 is 11.9 Å². The van der Waals surface area contributed by atoms with Gasteiger partial charge in [0.15, 0.2) is 6.61 Å². The van der Waals surface area contributed by atoms with Crippen LogP contribution in [0.25, 0.3) is 0 Å². The Hall–Kier alpha value is -2.82. The molecule has 0 radical (unpaired) electrons. The third kappa shape index (κ3) is 4.04. The van der Waals surface area contributed by atoms with Crippen molar-refractivity contribution < 1.29 is 19.1 Å². The van der Waals surface area contributed by atoms with Gasteiger partial charge in [0, 0.05) is 19.2 Å². The maximum absolute atomic E-state index is 12.3. The highest BCUT2D eigenvalue weighted by Gasteiger charge is 2.17. The van der Waals surface area contributed by atoms with E-state index < -0.39 is 5.97 Å². The van der Waals surface area contributed by atoms with Crippen LogP contribution in [0.4, 0.5) is 0 Å². The van der Waals surface area contributed by atoms with E-state index in [4.69, 9.17) is 9.47 Å². The first-order valence-corrected chi connectivity index (χ1v) is 8.73. The molecule has 5 heteroatoms. The molecule has 1 aliphatic carbocycles.